The highest BCUT2D eigenvalue weighted by Crippen LogP contribution is 2.23. The van der Waals surface area contributed by atoms with Crippen molar-refractivity contribution in [3.05, 3.63) is 35.9 Å². The molecule has 1 N–H and O–H groups in total. The first-order valence-electron chi connectivity index (χ1n) is 5.33. The van der Waals surface area contributed by atoms with E-state index in [1.165, 1.54) is 0 Å². The number of methoxy groups -OCH3 is 1. The van der Waals surface area contributed by atoms with Crippen LogP contribution in [0.1, 0.15) is 38.4 Å². The molecule has 0 heterocycles. The van der Waals surface area contributed by atoms with Crippen molar-refractivity contribution in [1.29, 1.82) is 0 Å². The van der Waals surface area contributed by atoms with Gasteiger partial charge in [0.25, 0.3) is 0 Å². The molecule has 0 spiro atoms. The van der Waals surface area contributed by atoms with Crippen molar-refractivity contribution < 1.29 is 9.84 Å². The summed E-state index contributed by atoms with van der Waals surface area (Å²) >= 11 is 0. The third-order valence-corrected chi connectivity index (χ3v) is 2.76. The fourth-order valence-corrected chi connectivity index (χ4v) is 1.43. The Hall–Kier alpha value is -0.860. The summed E-state index contributed by atoms with van der Waals surface area (Å²) < 4.78 is 5.31. The highest BCUT2D eigenvalue weighted by Gasteiger charge is 2.18. The Kier molecular flexibility index (Phi) is 4.30. The first-order valence-corrected chi connectivity index (χ1v) is 5.33. The van der Waals surface area contributed by atoms with Gasteiger partial charge in [-0.05, 0) is 32.3 Å². The summed E-state index contributed by atoms with van der Waals surface area (Å²) in [6.45, 7) is 4.06. The number of hydrogen-bond donors (Lipinski definition) is 1. The minimum absolute atomic E-state index is 0.157. The van der Waals surface area contributed by atoms with Crippen LogP contribution < -0.4 is 0 Å². The van der Waals surface area contributed by atoms with Gasteiger partial charge in [-0.15, -0.1) is 0 Å². The van der Waals surface area contributed by atoms with Gasteiger partial charge >= 0.3 is 0 Å². The molecule has 0 bridgehead atoms. The van der Waals surface area contributed by atoms with Crippen LogP contribution in [0, 0.1) is 0 Å². The Morgan fingerprint density at radius 3 is 2.40 bits per heavy atom. The van der Waals surface area contributed by atoms with Crippen molar-refractivity contribution >= 4 is 0 Å². The molecule has 0 aliphatic rings. The van der Waals surface area contributed by atoms with Gasteiger partial charge in [-0.2, -0.15) is 0 Å². The molecule has 0 radical (unpaired) electrons. The summed E-state index contributed by atoms with van der Waals surface area (Å²) in [5.74, 6) is 0. The molecule has 1 atom stereocenters. The molecule has 84 valence electrons. The highest BCUT2D eigenvalue weighted by atomic mass is 16.5. The van der Waals surface area contributed by atoms with Gasteiger partial charge in [0.2, 0.25) is 0 Å². The lowest BCUT2D eigenvalue weighted by molar-refractivity contribution is 0.00279. The maximum absolute atomic E-state index is 9.92. The average Bonchev–Trinajstić information content (AvgIpc) is 2.27. The second-order valence-electron chi connectivity index (χ2n) is 4.43. The summed E-state index contributed by atoms with van der Waals surface area (Å²) in [4.78, 5) is 0. The van der Waals surface area contributed by atoms with Gasteiger partial charge in [0, 0.05) is 7.11 Å². The van der Waals surface area contributed by atoms with E-state index in [9.17, 15) is 5.11 Å². The minimum Gasteiger partial charge on any atom is -0.388 e. The topological polar surface area (TPSA) is 29.5 Å². The molecule has 0 aliphatic carbocycles. The van der Waals surface area contributed by atoms with Crippen LogP contribution in [0.5, 0.6) is 0 Å². The van der Waals surface area contributed by atoms with E-state index in [4.69, 9.17) is 4.74 Å². The molecule has 0 saturated heterocycles. The predicted octanol–water partition coefficient (Wildman–Crippen LogP) is 2.93. The van der Waals surface area contributed by atoms with E-state index < -0.39 is 0 Å². The molecule has 1 rings (SSSR count). The van der Waals surface area contributed by atoms with Crippen LogP contribution in [0.15, 0.2) is 30.3 Å². The SMILES string of the molecule is COC(C)(C)CCC(O)c1ccccc1. The van der Waals surface area contributed by atoms with Crippen LogP contribution in [-0.2, 0) is 4.74 Å². The van der Waals surface area contributed by atoms with Crippen LogP contribution in [0.3, 0.4) is 0 Å². The van der Waals surface area contributed by atoms with Gasteiger partial charge in [0.15, 0.2) is 0 Å². The molecule has 0 aliphatic heterocycles. The van der Waals surface area contributed by atoms with Crippen LogP contribution in [0.25, 0.3) is 0 Å². The maximum Gasteiger partial charge on any atom is 0.0791 e. The van der Waals surface area contributed by atoms with Crippen LogP contribution in [-0.4, -0.2) is 17.8 Å². The average molecular weight is 208 g/mol. The zero-order valence-corrected chi connectivity index (χ0v) is 9.73. The highest BCUT2D eigenvalue weighted by molar-refractivity contribution is 5.17. The van der Waals surface area contributed by atoms with Gasteiger partial charge in [-0.3, -0.25) is 0 Å². The van der Waals surface area contributed by atoms with Gasteiger partial charge in [0.1, 0.15) is 0 Å². The Bertz CT molecular complexity index is 280. The molecule has 0 aromatic heterocycles. The lowest BCUT2D eigenvalue weighted by atomic mass is 9.97. The Morgan fingerprint density at radius 1 is 1.27 bits per heavy atom. The number of ether oxygens (including phenoxy) is 1. The summed E-state index contributed by atoms with van der Waals surface area (Å²) in [7, 11) is 1.70. The van der Waals surface area contributed by atoms with Gasteiger partial charge in [0.05, 0.1) is 11.7 Å². The van der Waals surface area contributed by atoms with Gasteiger partial charge in [-0.25, -0.2) is 0 Å². The normalized spacial score (nSPS) is 13.9. The monoisotopic (exact) mass is 208 g/mol. The van der Waals surface area contributed by atoms with Crippen LogP contribution >= 0.6 is 0 Å². The van der Waals surface area contributed by atoms with E-state index in [0.29, 0.717) is 0 Å². The fraction of sp³-hybridized carbons (Fsp3) is 0.538. The van der Waals surface area contributed by atoms with Crippen molar-refractivity contribution in [2.75, 3.05) is 7.11 Å². The van der Waals surface area contributed by atoms with Crippen LogP contribution in [0.2, 0.25) is 0 Å². The third kappa shape index (κ3) is 4.02. The number of rotatable bonds is 5. The Morgan fingerprint density at radius 2 is 1.87 bits per heavy atom. The second-order valence-corrected chi connectivity index (χ2v) is 4.43. The molecule has 15 heavy (non-hydrogen) atoms. The molecule has 1 unspecified atom stereocenters. The molecule has 2 nitrogen and oxygen atoms in total. The van der Waals surface area contributed by atoms with Gasteiger partial charge < -0.3 is 9.84 Å². The molecule has 0 saturated carbocycles. The zero-order valence-electron chi connectivity index (χ0n) is 9.73. The Labute approximate surface area is 91.9 Å². The molecule has 2 heteroatoms. The van der Waals surface area contributed by atoms with E-state index in [2.05, 4.69) is 0 Å². The van der Waals surface area contributed by atoms with Crippen molar-refractivity contribution in [3.8, 4) is 0 Å². The number of aliphatic hydroxyl groups excluding tert-OH is 1. The van der Waals surface area contributed by atoms with E-state index in [0.717, 1.165) is 18.4 Å². The van der Waals surface area contributed by atoms with E-state index in [1.54, 1.807) is 7.11 Å². The molecule has 1 aromatic carbocycles. The van der Waals surface area contributed by atoms with Crippen molar-refractivity contribution in [3.63, 3.8) is 0 Å². The van der Waals surface area contributed by atoms with Crippen LogP contribution in [0.4, 0.5) is 0 Å². The van der Waals surface area contributed by atoms with Crippen molar-refractivity contribution in [2.45, 2.75) is 38.4 Å². The third-order valence-electron chi connectivity index (χ3n) is 2.76. The molecular formula is C13H20O2. The summed E-state index contributed by atoms with van der Waals surface area (Å²) in [5.41, 5.74) is 0.819. The number of hydrogen-bond acceptors (Lipinski definition) is 2. The van der Waals surface area contributed by atoms with Gasteiger partial charge in [-0.1, -0.05) is 30.3 Å². The molecule has 0 fully saturated rings. The maximum atomic E-state index is 9.92. The second kappa shape index (κ2) is 5.29. The summed E-state index contributed by atoms with van der Waals surface area (Å²) in [6.07, 6.45) is 1.19. The lowest BCUT2D eigenvalue weighted by Gasteiger charge is -2.24. The molecule has 0 amide bonds. The quantitative estimate of drug-likeness (QED) is 0.806. The number of benzene rings is 1. The standard InChI is InChI=1S/C13H20O2/c1-13(2,15-3)10-9-12(14)11-7-5-4-6-8-11/h4-8,12,14H,9-10H2,1-3H3. The predicted molar refractivity (Wildman–Crippen MR) is 61.7 cm³/mol. The number of aliphatic hydroxyl groups is 1. The van der Waals surface area contributed by atoms with Crippen molar-refractivity contribution in [1.82, 2.24) is 0 Å². The molecular weight excluding hydrogens is 188 g/mol. The first-order chi connectivity index (χ1) is 7.05. The fourth-order valence-electron chi connectivity index (χ4n) is 1.43. The molecule has 1 aromatic rings. The van der Waals surface area contributed by atoms with E-state index in [1.807, 2.05) is 44.2 Å². The smallest absolute Gasteiger partial charge is 0.0791 e. The van der Waals surface area contributed by atoms with E-state index >= 15 is 0 Å². The first kappa shape index (κ1) is 12.2. The zero-order chi connectivity index (χ0) is 11.3. The largest absolute Gasteiger partial charge is 0.388 e. The Balaban J connectivity index is 2.47. The minimum atomic E-state index is -0.388. The van der Waals surface area contributed by atoms with E-state index in [-0.39, 0.29) is 11.7 Å². The summed E-state index contributed by atoms with van der Waals surface area (Å²) in [5, 5.41) is 9.92. The van der Waals surface area contributed by atoms with Crippen molar-refractivity contribution in [2.24, 2.45) is 0 Å². The summed E-state index contributed by atoms with van der Waals surface area (Å²) in [6, 6.07) is 9.74. The lowest BCUT2D eigenvalue weighted by Crippen LogP contribution is -2.23.